The van der Waals surface area contributed by atoms with Gasteiger partial charge in [0.25, 0.3) is 0 Å². The van der Waals surface area contributed by atoms with Crippen LogP contribution in [0.15, 0.2) is 0 Å². The van der Waals surface area contributed by atoms with E-state index in [2.05, 4.69) is 57.0 Å². The molecule has 0 spiro atoms. The van der Waals surface area contributed by atoms with Crippen LogP contribution in [-0.4, -0.2) is 62.7 Å². The van der Waals surface area contributed by atoms with Crippen molar-refractivity contribution in [2.24, 2.45) is 5.41 Å². The summed E-state index contributed by atoms with van der Waals surface area (Å²) in [5.74, 6) is 0. The average Bonchev–Trinajstić information content (AvgIpc) is 2.27. The van der Waals surface area contributed by atoms with Crippen LogP contribution in [0.1, 0.15) is 40.0 Å². The molecule has 0 saturated carbocycles. The summed E-state index contributed by atoms with van der Waals surface area (Å²) in [5.41, 5.74) is 0.466. The third-order valence-electron chi connectivity index (χ3n) is 4.18. The molecule has 1 fully saturated rings. The number of piperazine rings is 1. The minimum atomic E-state index is 0.466. The van der Waals surface area contributed by atoms with Gasteiger partial charge < -0.3 is 10.2 Å². The molecule has 1 heterocycles. The van der Waals surface area contributed by atoms with Gasteiger partial charge >= 0.3 is 0 Å². The lowest BCUT2D eigenvalue weighted by molar-refractivity contribution is 0.0858. The maximum atomic E-state index is 3.54. The van der Waals surface area contributed by atoms with Crippen molar-refractivity contribution in [2.75, 3.05) is 40.8 Å². The van der Waals surface area contributed by atoms with Gasteiger partial charge in [0.1, 0.15) is 0 Å². The van der Waals surface area contributed by atoms with E-state index in [4.69, 9.17) is 0 Å². The van der Waals surface area contributed by atoms with Crippen LogP contribution in [0.2, 0.25) is 0 Å². The Labute approximate surface area is 114 Å². The van der Waals surface area contributed by atoms with E-state index in [1.807, 2.05) is 0 Å². The number of likely N-dealkylation sites (N-methyl/N-ethyl adjacent to an activating group) is 3. The lowest BCUT2D eigenvalue weighted by Crippen LogP contribution is -2.58. The lowest BCUT2D eigenvalue weighted by atomic mass is 9.87. The van der Waals surface area contributed by atoms with E-state index in [-0.39, 0.29) is 0 Å². The van der Waals surface area contributed by atoms with E-state index < -0.39 is 0 Å². The molecule has 0 radical (unpaired) electrons. The van der Waals surface area contributed by atoms with Crippen LogP contribution in [-0.2, 0) is 0 Å². The van der Waals surface area contributed by atoms with Gasteiger partial charge in [0.2, 0.25) is 0 Å². The Balaban J connectivity index is 2.44. The van der Waals surface area contributed by atoms with Gasteiger partial charge in [-0.15, -0.1) is 0 Å². The Kier molecular flexibility index (Phi) is 6.09. The highest BCUT2D eigenvalue weighted by molar-refractivity contribution is 4.88. The Morgan fingerprint density at radius 2 is 1.89 bits per heavy atom. The lowest BCUT2D eigenvalue weighted by Gasteiger charge is -2.42. The molecule has 2 unspecified atom stereocenters. The SMILES string of the molecule is CNC(CCCC(C)(C)C)C1CN(C)CCN1C. The fourth-order valence-corrected chi connectivity index (χ4v) is 2.86. The summed E-state index contributed by atoms with van der Waals surface area (Å²) >= 11 is 0. The van der Waals surface area contributed by atoms with E-state index in [1.165, 1.54) is 38.9 Å². The monoisotopic (exact) mass is 255 g/mol. The first-order chi connectivity index (χ1) is 8.33. The number of rotatable bonds is 5. The van der Waals surface area contributed by atoms with Crippen molar-refractivity contribution < 1.29 is 0 Å². The highest BCUT2D eigenvalue weighted by Gasteiger charge is 2.28. The van der Waals surface area contributed by atoms with Crippen molar-refractivity contribution in [1.29, 1.82) is 0 Å². The fraction of sp³-hybridized carbons (Fsp3) is 1.00. The quantitative estimate of drug-likeness (QED) is 0.811. The molecule has 0 amide bonds. The average molecular weight is 255 g/mol. The maximum Gasteiger partial charge on any atom is 0.0373 e. The van der Waals surface area contributed by atoms with Crippen molar-refractivity contribution in [2.45, 2.75) is 52.1 Å². The van der Waals surface area contributed by atoms with Gasteiger partial charge in [0.15, 0.2) is 0 Å². The van der Waals surface area contributed by atoms with Crippen molar-refractivity contribution in [3.8, 4) is 0 Å². The summed E-state index contributed by atoms with van der Waals surface area (Å²) in [4.78, 5) is 4.98. The van der Waals surface area contributed by atoms with Crippen LogP contribution < -0.4 is 5.32 Å². The molecule has 1 rings (SSSR count). The summed E-state index contributed by atoms with van der Waals surface area (Å²) < 4.78 is 0. The minimum Gasteiger partial charge on any atom is -0.315 e. The number of nitrogens with zero attached hydrogens (tertiary/aromatic N) is 2. The molecular formula is C15H33N3. The summed E-state index contributed by atoms with van der Waals surface area (Å²) in [6.07, 6.45) is 3.93. The van der Waals surface area contributed by atoms with Crippen LogP contribution in [0.25, 0.3) is 0 Å². The van der Waals surface area contributed by atoms with E-state index >= 15 is 0 Å². The van der Waals surface area contributed by atoms with Gasteiger partial charge in [-0.3, -0.25) is 4.90 Å². The molecule has 0 bridgehead atoms. The zero-order chi connectivity index (χ0) is 13.8. The van der Waals surface area contributed by atoms with Crippen LogP contribution in [0, 0.1) is 5.41 Å². The zero-order valence-corrected chi connectivity index (χ0v) is 13.3. The molecule has 2 atom stereocenters. The van der Waals surface area contributed by atoms with Crippen molar-refractivity contribution >= 4 is 0 Å². The molecule has 0 aromatic rings. The van der Waals surface area contributed by atoms with Gasteiger partial charge in [-0.1, -0.05) is 27.2 Å². The highest BCUT2D eigenvalue weighted by Crippen LogP contribution is 2.23. The molecule has 1 N–H and O–H groups in total. The first-order valence-electron chi connectivity index (χ1n) is 7.39. The van der Waals surface area contributed by atoms with Gasteiger partial charge in [-0.25, -0.2) is 0 Å². The Morgan fingerprint density at radius 3 is 2.44 bits per heavy atom. The maximum absolute atomic E-state index is 3.54. The predicted molar refractivity (Wildman–Crippen MR) is 80.1 cm³/mol. The largest absolute Gasteiger partial charge is 0.315 e. The number of nitrogens with one attached hydrogen (secondary N) is 1. The minimum absolute atomic E-state index is 0.466. The first kappa shape index (κ1) is 15.9. The first-order valence-corrected chi connectivity index (χ1v) is 7.39. The zero-order valence-electron chi connectivity index (χ0n) is 13.3. The number of hydrogen-bond donors (Lipinski definition) is 1. The fourth-order valence-electron chi connectivity index (χ4n) is 2.86. The standard InChI is InChI=1S/C15H33N3/c1-15(2,3)9-7-8-13(16-4)14-12-17(5)10-11-18(14)6/h13-14,16H,7-12H2,1-6H3. The Morgan fingerprint density at radius 1 is 1.22 bits per heavy atom. The second kappa shape index (κ2) is 6.88. The van der Waals surface area contributed by atoms with Crippen molar-refractivity contribution in [1.82, 2.24) is 15.1 Å². The van der Waals surface area contributed by atoms with Gasteiger partial charge in [0.05, 0.1) is 0 Å². The van der Waals surface area contributed by atoms with Crippen molar-refractivity contribution in [3.63, 3.8) is 0 Å². The molecule has 1 saturated heterocycles. The van der Waals surface area contributed by atoms with E-state index in [0.29, 0.717) is 17.5 Å². The second-order valence-corrected chi connectivity index (χ2v) is 7.16. The van der Waals surface area contributed by atoms with E-state index in [0.717, 1.165) is 0 Å². The predicted octanol–water partition coefficient (Wildman–Crippen LogP) is 2.04. The molecule has 0 aromatic heterocycles. The summed E-state index contributed by atoms with van der Waals surface area (Å²) in [6.45, 7) is 10.6. The summed E-state index contributed by atoms with van der Waals surface area (Å²) in [6, 6.07) is 1.29. The van der Waals surface area contributed by atoms with Crippen LogP contribution >= 0.6 is 0 Å². The molecule has 1 aliphatic rings. The van der Waals surface area contributed by atoms with Gasteiger partial charge in [-0.05, 0) is 39.4 Å². The molecular weight excluding hydrogens is 222 g/mol. The molecule has 0 aliphatic carbocycles. The normalized spacial score (nSPS) is 25.3. The second-order valence-electron chi connectivity index (χ2n) is 7.16. The molecule has 3 nitrogen and oxygen atoms in total. The third kappa shape index (κ3) is 5.25. The molecule has 0 aromatic carbocycles. The molecule has 18 heavy (non-hydrogen) atoms. The molecule has 1 aliphatic heterocycles. The molecule has 3 heteroatoms. The molecule has 108 valence electrons. The Bertz CT molecular complexity index is 234. The van der Waals surface area contributed by atoms with Crippen LogP contribution in [0.5, 0.6) is 0 Å². The summed E-state index contributed by atoms with van der Waals surface area (Å²) in [5, 5.41) is 3.54. The topological polar surface area (TPSA) is 18.5 Å². The highest BCUT2D eigenvalue weighted by atomic mass is 15.3. The smallest absolute Gasteiger partial charge is 0.0373 e. The van der Waals surface area contributed by atoms with Crippen LogP contribution in [0.3, 0.4) is 0 Å². The Hall–Kier alpha value is -0.120. The van der Waals surface area contributed by atoms with Gasteiger partial charge in [0, 0.05) is 31.7 Å². The van der Waals surface area contributed by atoms with Crippen LogP contribution in [0.4, 0.5) is 0 Å². The van der Waals surface area contributed by atoms with Gasteiger partial charge in [-0.2, -0.15) is 0 Å². The van der Waals surface area contributed by atoms with E-state index in [1.54, 1.807) is 0 Å². The van der Waals surface area contributed by atoms with Crippen molar-refractivity contribution in [3.05, 3.63) is 0 Å². The summed E-state index contributed by atoms with van der Waals surface area (Å²) in [7, 11) is 6.62. The third-order valence-corrected chi connectivity index (χ3v) is 4.18. The number of hydrogen-bond acceptors (Lipinski definition) is 3. The van der Waals surface area contributed by atoms with E-state index in [9.17, 15) is 0 Å².